The maximum Gasteiger partial charge on any atom is 0.164 e. The minimum atomic E-state index is 0.110. The average molecular weight is 274 g/mol. The van der Waals surface area contributed by atoms with Crippen LogP contribution in [0.1, 0.15) is 30.8 Å². The number of benzene rings is 1. The minimum Gasteiger partial charge on any atom is -0.485 e. The van der Waals surface area contributed by atoms with Crippen LogP contribution in [0.5, 0.6) is 5.75 Å². The zero-order chi connectivity index (χ0) is 14.5. The SMILES string of the molecule is CCn1ncnc1COc1ccc(C)cc1CC(C)N. The predicted molar refractivity (Wildman–Crippen MR) is 78.6 cm³/mol. The second-order valence-corrected chi connectivity index (χ2v) is 5.07. The van der Waals surface area contributed by atoms with Gasteiger partial charge in [0.25, 0.3) is 0 Å². The Morgan fingerprint density at radius 3 is 2.90 bits per heavy atom. The molecule has 0 bridgehead atoms. The monoisotopic (exact) mass is 274 g/mol. The summed E-state index contributed by atoms with van der Waals surface area (Å²) < 4.78 is 7.73. The van der Waals surface area contributed by atoms with Crippen LogP contribution in [-0.2, 0) is 19.6 Å². The third kappa shape index (κ3) is 3.57. The van der Waals surface area contributed by atoms with Crippen molar-refractivity contribution in [3.63, 3.8) is 0 Å². The number of nitrogens with zero attached hydrogens (tertiary/aromatic N) is 3. The van der Waals surface area contributed by atoms with Crippen molar-refractivity contribution in [2.24, 2.45) is 5.73 Å². The summed E-state index contributed by atoms with van der Waals surface area (Å²) in [5.41, 5.74) is 8.25. The second kappa shape index (κ2) is 6.52. The molecule has 5 heteroatoms. The van der Waals surface area contributed by atoms with E-state index in [9.17, 15) is 0 Å². The van der Waals surface area contributed by atoms with Gasteiger partial charge in [0, 0.05) is 12.6 Å². The van der Waals surface area contributed by atoms with Crippen molar-refractivity contribution in [2.45, 2.75) is 46.4 Å². The zero-order valence-electron chi connectivity index (χ0n) is 12.3. The lowest BCUT2D eigenvalue weighted by atomic mass is 10.0. The second-order valence-electron chi connectivity index (χ2n) is 5.07. The van der Waals surface area contributed by atoms with E-state index < -0.39 is 0 Å². The molecule has 108 valence electrons. The molecule has 0 aliphatic carbocycles. The first kappa shape index (κ1) is 14.5. The Hall–Kier alpha value is -1.88. The van der Waals surface area contributed by atoms with Crippen LogP contribution in [-0.4, -0.2) is 20.8 Å². The fraction of sp³-hybridized carbons (Fsp3) is 0.467. The van der Waals surface area contributed by atoms with Crippen molar-refractivity contribution in [3.8, 4) is 5.75 Å². The zero-order valence-corrected chi connectivity index (χ0v) is 12.3. The van der Waals surface area contributed by atoms with Crippen molar-refractivity contribution >= 4 is 0 Å². The normalized spacial score (nSPS) is 12.4. The van der Waals surface area contributed by atoms with Gasteiger partial charge < -0.3 is 10.5 Å². The molecular formula is C15H22N4O. The highest BCUT2D eigenvalue weighted by Gasteiger charge is 2.09. The summed E-state index contributed by atoms with van der Waals surface area (Å²) in [7, 11) is 0. The first-order valence-electron chi connectivity index (χ1n) is 6.94. The molecule has 2 aromatic rings. The van der Waals surface area contributed by atoms with Crippen molar-refractivity contribution in [2.75, 3.05) is 0 Å². The number of rotatable bonds is 6. The Bertz CT molecular complexity index is 563. The van der Waals surface area contributed by atoms with Gasteiger partial charge in [-0.1, -0.05) is 17.7 Å². The Morgan fingerprint density at radius 1 is 1.40 bits per heavy atom. The van der Waals surface area contributed by atoms with Crippen LogP contribution >= 0.6 is 0 Å². The Morgan fingerprint density at radius 2 is 2.20 bits per heavy atom. The molecule has 20 heavy (non-hydrogen) atoms. The van der Waals surface area contributed by atoms with Gasteiger partial charge in [0.2, 0.25) is 0 Å². The Kier molecular flexibility index (Phi) is 4.74. The standard InChI is InChI=1S/C15H22N4O/c1-4-19-15(17-10-18-19)9-20-14-6-5-11(2)7-13(14)8-12(3)16/h5-7,10,12H,4,8-9,16H2,1-3H3. The Labute approximate surface area is 119 Å². The van der Waals surface area contributed by atoms with E-state index in [1.165, 1.54) is 5.56 Å². The molecule has 1 aromatic heterocycles. The van der Waals surface area contributed by atoms with E-state index in [1.54, 1.807) is 6.33 Å². The summed E-state index contributed by atoms with van der Waals surface area (Å²) in [4.78, 5) is 4.21. The van der Waals surface area contributed by atoms with Gasteiger partial charge in [-0.25, -0.2) is 9.67 Å². The molecule has 2 rings (SSSR count). The van der Waals surface area contributed by atoms with Gasteiger partial charge in [0.15, 0.2) is 5.82 Å². The number of hydrogen-bond donors (Lipinski definition) is 1. The molecule has 0 amide bonds. The molecular weight excluding hydrogens is 252 g/mol. The van der Waals surface area contributed by atoms with Crippen LogP contribution in [0.2, 0.25) is 0 Å². The van der Waals surface area contributed by atoms with E-state index in [2.05, 4.69) is 23.1 Å². The van der Waals surface area contributed by atoms with Crippen molar-refractivity contribution in [1.29, 1.82) is 0 Å². The molecule has 0 fully saturated rings. The van der Waals surface area contributed by atoms with E-state index >= 15 is 0 Å². The van der Waals surface area contributed by atoms with Gasteiger partial charge in [-0.15, -0.1) is 0 Å². The van der Waals surface area contributed by atoms with Gasteiger partial charge in [-0.05, 0) is 38.8 Å². The van der Waals surface area contributed by atoms with E-state index in [0.717, 1.165) is 30.1 Å². The van der Waals surface area contributed by atoms with Crippen LogP contribution in [0.3, 0.4) is 0 Å². The molecule has 1 unspecified atom stereocenters. The van der Waals surface area contributed by atoms with Crippen molar-refractivity contribution in [3.05, 3.63) is 41.5 Å². The van der Waals surface area contributed by atoms with Gasteiger partial charge >= 0.3 is 0 Å². The molecule has 1 heterocycles. The van der Waals surface area contributed by atoms with E-state index in [-0.39, 0.29) is 6.04 Å². The highest BCUT2D eigenvalue weighted by atomic mass is 16.5. The van der Waals surface area contributed by atoms with Crippen LogP contribution in [0.25, 0.3) is 0 Å². The Balaban J connectivity index is 2.12. The average Bonchev–Trinajstić information content (AvgIpc) is 2.84. The molecule has 0 saturated heterocycles. The van der Waals surface area contributed by atoms with Gasteiger partial charge in [0.1, 0.15) is 18.7 Å². The summed E-state index contributed by atoms with van der Waals surface area (Å²) in [5.74, 6) is 1.71. The fourth-order valence-corrected chi connectivity index (χ4v) is 2.16. The lowest BCUT2D eigenvalue weighted by Gasteiger charge is -2.14. The highest BCUT2D eigenvalue weighted by Crippen LogP contribution is 2.22. The van der Waals surface area contributed by atoms with E-state index in [1.807, 2.05) is 30.7 Å². The van der Waals surface area contributed by atoms with Crippen LogP contribution in [0.4, 0.5) is 0 Å². The molecule has 0 radical (unpaired) electrons. The highest BCUT2D eigenvalue weighted by molar-refractivity contribution is 5.37. The third-order valence-corrected chi connectivity index (χ3v) is 3.11. The maximum absolute atomic E-state index is 5.90. The number of aryl methyl sites for hydroxylation is 2. The molecule has 2 N–H and O–H groups in total. The number of nitrogens with two attached hydrogens (primary N) is 1. The first-order valence-corrected chi connectivity index (χ1v) is 6.94. The molecule has 0 spiro atoms. The maximum atomic E-state index is 5.90. The van der Waals surface area contributed by atoms with Gasteiger partial charge in [0.05, 0.1) is 0 Å². The largest absolute Gasteiger partial charge is 0.485 e. The number of ether oxygens (including phenoxy) is 1. The van der Waals surface area contributed by atoms with E-state index in [4.69, 9.17) is 10.5 Å². The topological polar surface area (TPSA) is 66.0 Å². The summed E-state index contributed by atoms with van der Waals surface area (Å²) in [6.07, 6.45) is 2.36. The number of aromatic nitrogens is 3. The lowest BCUT2D eigenvalue weighted by molar-refractivity contribution is 0.284. The predicted octanol–water partition coefficient (Wildman–Crippen LogP) is 2.08. The summed E-state index contributed by atoms with van der Waals surface area (Å²) in [5, 5.41) is 4.14. The van der Waals surface area contributed by atoms with Gasteiger partial charge in [-0.2, -0.15) is 5.10 Å². The summed E-state index contributed by atoms with van der Waals surface area (Å²) in [6.45, 7) is 7.32. The first-order chi connectivity index (χ1) is 9.60. The smallest absolute Gasteiger partial charge is 0.164 e. The van der Waals surface area contributed by atoms with Gasteiger partial charge in [-0.3, -0.25) is 0 Å². The molecule has 0 saturated carbocycles. The minimum absolute atomic E-state index is 0.110. The molecule has 0 aliphatic heterocycles. The lowest BCUT2D eigenvalue weighted by Crippen LogP contribution is -2.18. The van der Waals surface area contributed by atoms with E-state index in [0.29, 0.717) is 6.61 Å². The summed E-state index contributed by atoms with van der Waals surface area (Å²) >= 11 is 0. The molecule has 1 aromatic carbocycles. The molecule has 5 nitrogen and oxygen atoms in total. The fourth-order valence-electron chi connectivity index (χ4n) is 2.16. The summed E-state index contributed by atoms with van der Waals surface area (Å²) in [6, 6.07) is 6.28. The quantitative estimate of drug-likeness (QED) is 0.875. The molecule has 0 aliphatic rings. The molecule has 1 atom stereocenters. The van der Waals surface area contributed by atoms with Crippen LogP contribution in [0.15, 0.2) is 24.5 Å². The number of hydrogen-bond acceptors (Lipinski definition) is 4. The van der Waals surface area contributed by atoms with Crippen LogP contribution < -0.4 is 10.5 Å². The van der Waals surface area contributed by atoms with Crippen molar-refractivity contribution in [1.82, 2.24) is 14.8 Å². The van der Waals surface area contributed by atoms with Crippen LogP contribution in [0, 0.1) is 6.92 Å². The third-order valence-electron chi connectivity index (χ3n) is 3.11. The van der Waals surface area contributed by atoms with Crippen molar-refractivity contribution < 1.29 is 4.74 Å².